The number of amides is 1. The standard InChI is InChI=1S/C23H26N2O3S/c1-15(2)21-11-7-8-16(3)22(21)24-23(26)17(4)25-29(27,28)20-13-12-18-9-5-6-10-19(18)14-20/h5-15,17,25H,1-4H3,(H,24,26)/t17-/m0/s1. The van der Waals surface area contributed by atoms with E-state index >= 15 is 0 Å². The molecule has 0 bridgehead atoms. The number of nitrogens with one attached hydrogen (secondary N) is 2. The van der Waals surface area contributed by atoms with Crippen LogP contribution in [-0.2, 0) is 14.8 Å². The summed E-state index contributed by atoms with van der Waals surface area (Å²) in [6.45, 7) is 7.57. The van der Waals surface area contributed by atoms with Gasteiger partial charge < -0.3 is 5.32 Å². The molecule has 0 radical (unpaired) electrons. The maximum atomic E-state index is 12.8. The monoisotopic (exact) mass is 410 g/mol. The number of carbonyl (C=O) groups excluding carboxylic acids is 1. The van der Waals surface area contributed by atoms with Gasteiger partial charge in [0.25, 0.3) is 0 Å². The zero-order valence-electron chi connectivity index (χ0n) is 17.1. The fourth-order valence-electron chi connectivity index (χ4n) is 3.26. The molecule has 5 nitrogen and oxygen atoms in total. The normalized spacial score (nSPS) is 12.9. The number of anilines is 1. The molecular weight excluding hydrogens is 384 g/mol. The number of carbonyl (C=O) groups is 1. The van der Waals surface area contributed by atoms with Crippen LogP contribution in [0.2, 0.25) is 0 Å². The van der Waals surface area contributed by atoms with Gasteiger partial charge in [0.2, 0.25) is 15.9 Å². The van der Waals surface area contributed by atoms with Crippen molar-refractivity contribution >= 4 is 32.4 Å². The number of para-hydroxylation sites is 1. The molecule has 2 N–H and O–H groups in total. The minimum absolute atomic E-state index is 0.134. The van der Waals surface area contributed by atoms with Crippen LogP contribution in [0.25, 0.3) is 10.8 Å². The molecule has 0 saturated heterocycles. The van der Waals surface area contributed by atoms with Crippen molar-refractivity contribution in [2.75, 3.05) is 5.32 Å². The number of aryl methyl sites for hydroxylation is 1. The van der Waals surface area contributed by atoms with E-state index in [1.54, 1.807) is 25.1 Å². The van der Waals surface area contributed by atoms with Crippen LogP contribution in [0.3, 0.4) is 0 Å². The van der Waals surface area contributed by atoms with E-state index in [0.717, 1.165) is 27.6 Å². The Bertz CT molecular complexity index is 1150. The van der Waals surface area contributed by atoms with Crippen LogP contribution >= 0.6 is 0 Å². The highest BCUT2D eigenvalue weighted by atomic mass is 32.2. The molecule has 3 aromatic rings. The van der Waals surface area contributed by atoms with E-state index in [0.29, 0.717) is 0 Å². The van der Waals surface area contributed by atoms with E-state index < -0.39 is 22.0 Å². The highest BCUT2D eigenvalue weighted by Gasteiger charge is 2.23. The van der Waals surface area contributed by atoms with Gasteiger partial charge in [-0.25, -0.2) is 8.42 Å². The third-order valence-electron chi connectivity index (χ3n) is 4.93. The molecule has 29 heavy (non-hydrogen) atoms. The first kappa shape index (κ1) is 21.0. The second-order valence-corrected chi connectivity index (χ2v) is 9.25. The topological polar surface area (TPSA) is 75.3 Å². The highest BCUT2D eigenvalue weighted by Crippen LogP contribution is 2.27. The Labute approximate surface area is 172 Å². The first-order valence-corrected chi connectivity index (χ1v) is 11.1. The van der Waals surface area contributed by atoms with E-state index in [2.05, 4.69) is 23.9 Å². The first-order valence-electron chi connectivity index (χ1n) is 9.60. The van der Waals surface area contributed by atoms with E-state index in [-0.39, 0.29) is 10.8 Å². The minimum Gasteiger partial charge on any atom is -0.324 e. The zero-order chi connectivity index (χ0) is 21.2. The molecule has 3 rings (SSSR count). The van der Waals surface area contributed by atoms with Gasteiger partial charge in [-0.05, 0) is 53.8 Å². The van der Waals surface area contributed by atoms with Gasteiger partial charge in [-0.1, -0.05) is 62.4 Å². The molecule has 0 saturated carbocycles. The summed E-state index contributed by atoms with van der Waals surface area (Å²) in [6.07, 6.45) is 0. The van der Waals surface area contributed by atoms with E-state index in [1.807, 2.05) is 49.4 Å². The first-order chi connectivity index (χ1) is 13.7. The maximum absolute atomic E-state index is 12.8. The molecule has 0 aromatic heterocycles. The molecule has 0 aliphatic carbocycles. The average Bonchev–Trinajstić information content (AvgIpc) is 2.68. The molecule has 1 atom stereocenters. The summed E-state index contributed by atoms with van der Waals surface area (Å²) in [7, 11) is -3.84. The highest BCUT2D eigenvalue weighted by molar-refractivity contribution is 7.89. The SMILES string of the molecule is Cc1cccc(C(C)C)c1NC(=O)[C@H](C)NS(=O)(=O)c1ccc2ccccc2c1. The van der Waals surface area contributed by atoms with Gasteiger partial charge in [-0.3, -0.25) is 4.79 Å². The Morgan fingerprint density at radius 3 is 2.28 bits per heavy atom. The number of sulfonamides is 1. The maximum Gasteiger partial charge on any atom is 0.242 e. The molecule has 6 heteroatoms. The molecule has 0 aliphatic rings. The van der Waals surface area contributed by atoms with Crippen molar-refractivity contribution in [3.63, 3.8) is 0 Å². The van der Waals surface area contributed by atoms with Gasteiger partial charge in [0.05, 0.1) is 10.9 Å². The summed E-state index contributed by atoms with van der Waals surface area (Å²) < 4.78 is 28.1. The van der Waals surface area contributed by atoms with Gasteiger partial charge in [0.15, 0.2) is 0 Å². The van der Waals surface area contributed by atoms with Crippen molar-refractivity contribution in [3.05, 3.63) is 71.8 Å². The number of rotatable bonds is 6. The lowest BCUT2D eigenvalue weighted by atomic mass is 9.98. The van der Waals surface area contributed by atoms with Crippen LogP contribution in [0.15, 0.2) is 65.6 Å². The molecule has 3 aromatic carbocycles. The predicted octanol–water partition coefficient (Wildman–Crippen LogP) is 4.58. The smallest absolute Gasteiger partial charge is 0.242 e. The fourth-order valence-corrected chi connectivity index (χ4v) is 4.50. The summed E-state index contributed by atoms with van der Waals surface area (Å²) >= 11 is 0. The number of fused-ring (bicyclic) bond motifs is 1. The summed E-state index contributed by atoms with van der Waals surface area (Å²) in [5.41, 5.74) is 2.70. The number of benzene rings is 3. The molecule has 0 unspecified atom stereocenters. The Kier molecular flexibility index (Phi) is 6.05. The van der Waals surface area contributed by atoms with Crippen LogP contribution in [0.4, 0.5) is 5.69 Å². The molecule has 0 fully saturated rings. The second kappa shape index (κ2) is 8.35. The van der Waals surface area contributed by atoms with Crippen LogP contribution < -0.4 is 10.0 Å². The summed E-state index contributed by atoms with van der Waals surface area (Å²) in [5, 5.41) is 4.68. The summed E-state index contributed by atoms with van der Waals surface area (Å²) in [6, 6.07) is 17.4. The Balaban J connectivity index is 1.80. The Hall–Kier alpha value is -2.70. The third-order valence-corrected chi connectivity index (χ3v) is 6.47. The van der Waals surface area contributed by atoms with E-state index in [9.17, 15) is 13.2 Å². The van der Waals surface area contributed by atoms with Crippen molar-refractivity contribution in [2.24, 2.45) is 0 Å². The lowest BCUT2D eigenvalue weighted by Crippen LogP contribution is -2.41. The van der Waals surface area contributed by atoms with Gasteiger partial charge in [-0.2, -0.15) is 4.72 Å². The van der Waals surface area contributed by atoms with Crippen LogP contribution in [0.5, 0.6) is 0 Å². The second-order valence-electron chi connectivity index (χ2n) is 7.54. The zero-order valence-corrected chi connectivity index (χ0v) is 17.9. The predicted molar refractivity (Wildman–Crippen MR) is 118 cm³/mol. The molecule has 0 spiro atoms. The van der Waals surface area contributed by atoms with Gasteiger partial charge in [0, 0.05) is 5.69 Å². The minimum atomic E-state index is -3.84. The molecular formula is C23H26N2O3S. The van der Waals surface area contributed by atoms with Crippen LogP contribution in [0, 0.1) is 6.92 Å². The molecule has 152 valence electrons. The quantitative estimate of drug-likeness (QED) is 0.625. The lowest BCUT2D eigenvalue weighted by Gasteiger charge is -2.19. The average molecular weight is 411 g/mol. The van der Waals surface area contributed by atoms with Crippen molar-refractivity contribution < 1.29 is 13.2 Å². The Morgan fingerprint density at radius 1 is 0.897 bits per heavy atom. The lowest BCUT2D eigenvalue weighted by molar-refractivity contribution is -0.117. The fraction of sp³-hybridized carbons (Fsp3) is 0.261. The molecule has 0 heterocycles. The van der Waals surface area contributed by atoms with Crippen LogP contribution in [0.1, 0.15) is 37.8 Å². The Morgan fingerprint density at radius 2 is 1.59 bits per heavy atom. The van der Waals surface area contributed by atoms with Crippen molar-refractivity contribution in [2.45, 2.75) is 44.6 Å². The van der Waals surface area contributed by atoms with Crippen LogP contribution in [-0.4, -0.2) is 20.4 Å². The summed E-state index contributed by atoms with van der Waals surface area (Å²) in [5.74, 6) is -0.166. The van der Waals surface area contributed by atoms with E-state index in [1.165, 1.54) is 0 Å². The van der Waals surface area contributed by atoms with Crippen molar-refractivity contribution in [1.82, 2.24) is 4.72 Å². The largest absolute Gasteiger partial charge is 0.324 e. The molecule has 0 aliphatic heterocycles. The van der Waals surface area contributed by atoms with Gasteiger partial charge in [0.1, 0.15) is 0 Å². The van der Waals surface area contributed by atoms with Gasteiger partial charge >= 0.3 is 0 Å². The van der Waals surface area contributed by atoms with E-state index in [4.69, 9.17) is 0 Å². The van der Waals surface area contributed by atoms with Crippen molar-refractivity contribution in [3.8, 4) is 0 Å². The third kappa shape index (κ3) is 4.66. The number of hydrogen-bond acceptors (Lipinski definition) is 3. The van der Waals surface area contributed by atoms with Gasteiger partial charge in [-0.15, -0.1) is 0 Å². The number of hydrogen-bond donors (Lipinski definition) is 2. The molecule has 1 amide bonds. The van der Waals surface area contributed by atoms with Crippen molar-refractivity contribution in [1.29, 1.82) is 0 Å². The summed E-state index contributed by atoms with van der Waals surface area (Å²) in [4.78, 5) is 12.9.